The van der Waals surface area contributed by atoms with Crippen LogP contribution in [-0.2, 0) is 14.8 Å². The van der Waals surface area contributed by atoms with Crippen molar-refractivity contribution in [3.8, 4) is 0 Å². The SMILES string of the molecule is Cc1ccc(S(=O)(=O)N2CCN([C@H](C)C(=O)Nc3ccc(Cl)cc3)CC2)c(C)c1. The summed E-state index contributed by atoms with van der Waals surface area (Å²) in [5.41, 5.74) is 2.47. The molecule has 2 aromatic carbocycles. The van der Waals surface area contributed by atoms with Crippen molar-refractivity contribution >= 4 is 33.2 Å². The Labute approximate surface area is 177 Å². The molecule has 1 saturated heterocycles. The number of hydrogen-bond acceptors (Lipinski definition) is 4. The average molecular weight is 436 g/mol. The number of benzene rings is 2. The Bertz CT molecular complexity index is 985. The molecule has 1 N–H and O–H groups in total. The molecule has 6 nitrogen and oxygen atoms in total. The van der Waals surface area contributed by atoms with Gasteiger partial charge in [-0.25, -0.2) is 8.42 Å². The molecule has 1 aliphatic heterocycles. The molecule has 8 heteroatoms. The molecule has 0 aliphatic carbocycles. The number of sulfonamides is 1. The van der Waals surface area contributed by atoms with E-state index < -0.39 is 10.0 Å². The van der Waals surface area contributed by atoms with Gasteiger partial charge in [0.2, 0.25) is 15.9 Å². The van der Waals surface area contributed by atoms with Gasteiger partial charge in [0.15, 0.2) is 0 Å². The fraction of sp³-hybridized carbons (Fsp3) is 0.381. The summed E-state index contributed by atoms with van der Waals surface area (Å²) in [6.45, 7) is 7.30. The third kappa shape index (κ3) is 4.98. The molecule has 0 saturated carbocycles. The van der Waals surface area contributed by atoms with Crippen molar-refractivity contribution in [2.24, 2.45) is 0 Å². The number of amides is 1. The molecule has 0 bridgehead atoms. The minimum Gasteiger partial charge on any atom is -0.325 e. The lowest BCUT2D eigenvalue weighted by Gasteiger charge is -2.36. The van der Waals surface area contributed by atoms with Gasteiger partial charge in [0.1, 0.15) is 0 Å². The zero-order valence-corrected chi connectivity index (χ0v) is 18.4. The van der Waals surface area contributed by atoms with Crippen molar-refractivity contribution in [3.63, 3.8) is 0 Å². The lowest BCUT2D eigenvalue weighted by molar-refractivity contribution is -0.121. The van der Waals surface area contributed by atoms with E-state index in [0.29, 0.717) is 41.8 Å². The van der Waals surface area contributed by atoms with Crippen LogP contribution in [0.3, 0.4) is 0 Å². The zero-order chi connectivity index (χ0) is 21.2. The molecular weight excluding hydrogens is 410 g/mol. The molecule has 29 heavy (non-hydrogen) atoms. The predicted molar refractivity (Wildman–Crippen MR) is 116 cm³/mol. The summed E-state index contributed by atoms with van der Waals surface area (Å²) >= 11 is 5.87. The highest BCUT2D eigenvalue weighted by molar-refractivity contribution is 7.89. The van der Waals surface area contributed by atoms with Gasteiger partial charge < -0.3 is 5.32 Å². The Morgan fingerprint density at radius 3 is 2.24 bits per heavy atom. The van der Waals surface area contributed by atoms with Crippen molar-refractivity contribution < 1.29 is 13.2 Å². The van der Waals surface area contributed by atoms with Gasteiger partial charge in [-0.15, -0.1) is 0 Å². The molecule has 0 unspecified atom stereocenters. The van der Waals surface area contributed by atoms with E-state index in [-0.39, 0.29) is 11.9 Å². The summed E-state index contributed by atoms with van der Waals surface area (Å²) in [6.07, 6.45) is 0. The molecule has 1 atom stereocenters. The molecule has 1 amide bonds. The molecule has 3 rings (SSSR count). The van der Waals surface area contributed by atoms with E-state index in [2.05, 4.69) is 5.32 Å². The van der Waals surface area contributed by atoms with Crippen LogP contribution in [0.1, 0.15) is 18.1 Å². The van der Waals surface area contributed by atoms with E-state index in [9.17, 15) is 13.2 Å². The summed E-state index contributed by atoms with van der Waals surface area (Å²) in [4.78, 5) is 14.9. The molecule has 1 aliphatic rings. The second kappa shape index (κ2) is 8.83. The van der Waals surface area contributed by atoms with Gasteiger partial charge in [0, 0.05) is 36.9 Å². The number of carbonyl (C=O) groups is 1. The largest absolute Gasteiger partial charge is 0.325 e. The average Bonchev–Trinajstić information content (AvgIpc) is 2.69. The maximum atomic E-state index is 13.0. The van der Waals surface area contributed by atoms with Crippen LogP contribution in [0, 0.1) is 13.8 Å². The van der Waals surface area contributed by atoms with E-state index in [1.165, 1.54) is 4.31 Å². The molecular formula is C21H26ClN3O3S. The lowest BCUT2D eigenvalue weighted by atomic mass is 10.2. The number of nitrogens with one attached hydrogen (secondary N) is 1. The third-order valence-corrected chi connectivity index (χ3v) is 7.57. The van der Waals surface area contributed by atoms with Crippen molar-refractivity contribution in [1.29, 1.82) is 0 Å². The van der Waals surface area contributed by atoms with Crippen molar-refractivity contribution in [2.45, 2.75) is 31.7 Å². The van der Waals surface area contributed by atoms with Crippen LogP contribution in [0.4, 0.5) is 5.69 Å². The zero-order valence-electron chi connectivity index (χ0n) is 16.9. The van der Waals surface area contributed by atoms with Gasteiger partial charge >= 0.3 is 0 Å². The Hall–Kier alpha value is -1.93. The fourth-order valence-electron chi connectivity index (χ4n) is 3.50. The number of carbonyl (C=O) groups excluding carboxylic acids is 1. The van der Waals surface area contributed by atoms with E-state index >= 15 is 0 Å². The number of nitrogens with zero attached hydrogens (tertiary/aromatic N) is 2. The summed E-state index contributed by atoms with van der Waals surface area (Å²) < 4.78 is 27.5. The monoisotopic (exact) mass is 435 g/mol. The number of aryl methyl sites for hydroxylation is 2. The highest BCUT2D eigenvalue weighted by Gasteiger charge is 2.32. The van der Waals surface area contributed by atoms with E-state index in [0.717, 1.165) is 11.1 Å². The summed E-state index contributed by atoms with van der Waals surface area (Å²) in [6, 6.07) is 12.0. The first-order chi connectivity index (χ1) is 13.7. The van der Waals surface area contributed by atoms with E-state index in [1.807, 2.05) is 37.8 Å². The van der Waals surface area contributed by atoms with E-state index in [1.54, 1.807) is 30.3 Å². The molecule has 156 valence electrons. The van der Waals surface area contributed by atoms with Gasteiger partial charge in [-0.2, -0.15) is 4.31 Å². The quantitative estimate of drug-likeness (QED) is 0.782. The second-order valence-corrected chi connectivity index (χ2v) is 9.72. The van der Waals surface area contributed by atoms with Crippen LogP contribution in [0.15, 0.2) is 47.4 Å². The van der Waals surface area contributed by atoms with Crippen LogP contribution in [0.5, 0.6) is 0 Å². The first-order valence-corrected chi connectivity index (χ1v) is 11.4. The Kier molecular flexibility index (Phi) is 6.63. The number of halogens is 1. The topological polar surface area (TPSA) is 69.7 Å². The van der Waals surface area contributed by atoms with E-state index in [4.69, 9.17) is 11.6 Å². The molecule has 1 heterocycles. The summed E-state index contributed by atoms with van der Waals surface area (Å²) in [5, 5.41) is 3.48. The molecule has 1 fully saturated rings. The van der Waals surface area contributed by atoms with Crippen LogP contribution >= 0.6 is 11.6 Å². The highest BCUT2D eigenvalue weighted by Crippen LogP contribution is 2.23. The summed E-state index contributed by atoms with van der Waals surface area (Å²) in [5.74, 6) is -0.127. The molecule has 2 aromatic rings. The van der Waals surface area contributed by atoms with Crippen LogP contribution in [0.2, 0.25) is 5.02 Å². The number of hydrogen-bond donors (Lipinski definition) is 1. The minimum atomic E-state index is -3.54. The standard InChI is InChI=1S/C21H26ClN3O3S/c1-15-4-9-20(16(2)14-15)29(27,28)25-12-10-24(11-13-25)17(3)21(26)23-19-7-5-18(22)6-8-19/h4-9,14,17H,10-13H2,1-3H3,(H,23,26)/t17-/m1/s1. The number of rotatable bonds is 5. The maximum Gasteiger partial charge on any atom is 0.243 e. The van der Waals surface area contributed by atoms with Gasteiger partial charge in [0.05, 0.1) is 10.9 Å². The highest BCUT2D eigenvalue weighted by atomic mass is 35.5. The first-order valence-electron chi connectivity index (χ1n) is 9.56. The number of anilines is 1. The minimum absolute atomic E-state index is 0.127. The molecule has 0 radical (unpaired) electrons. The summed E-state index contributed by atoms with van der Waals surface area (Å²) in [7, 11) is -3.54. The van der Waals surface area contributed by atoms with Gasteiger partial charge in [0.25, 0.3) is 0 Å². The maximum absolute atomic E-state index is 13.0. The number of piperazine rings is 1. The van der Waals surface area contributed by atoms with Crippen molar-refractivity contribution in [2.75, 3.05) is 31.5 Å². The van der Waals surface area contributed by atoms with Gasteiger partial charge in [-0.1, -0.05) is 29.3 Å². The molecule has 0 spiro atoms. The second-order valence-electron chi connectivity index (χ2n) is 7.38. The third-order valence-electron chi connectivity index (χ3n) is 5.26. The predicted octanol–water partition coefficient (Wildman–Crippen LogP) is 3.29. The smallest absolute Gasteiger partial charge is 0.243 e. The van der Waals surface area contributed by atoms with Crippen molar-refractivity contribution in [1.82, 2.24) is 9.21 Å². The Balaban J connectivity index is 1.62. The Morgan fingerprint density at radius 1 is 1.03 bits per heavy atom. The first kappa shape index (κ1) is 21.8. The lowest BCUT2D eigenvalue weighted by Crippen LogP contribution is -2.54. The van der Waals surface area contributed by atoms with Crippen LogP contribution < -0.4 is 5.32 Å². The van der Waals surface area contributed by atoms with Crippen molar-refractivity contribution in [3.05, 3.63) is 58.6 Å². The van der Waals surface area contributed by atoms with Crippen LogP contribution in [-0.4, -0.2) is 55.8 Å². The Morgan fingerprint density at radius 2 is 1.66 bits per heavy atom. The van der Waals surface area contributed by atoms with Crippen LogP contribution in [0.25, 0.3) is 0 Å². The van der Waals surface area contributed by atoms with Gasteiger partial charge in [-0.3, -0.25) is 9.69 Å². The molecule has 0 aromatic heterocycles. The normalized spacial score (nSPS) is 17.1. The van der Waals surface area contributed by atoms with Gasteiger partial charge in [-0.05, 0) is 56.7 Å². The fourth-order valence-corrected chi connectivity index (χ4v) is 5.26.